The number of pyridine rings is 1. The predicted octanol–water partition coefficient (Wildman–Crippen LogP) is 3.38. The van der Waals surface area contributed by atoms with Crippen LogP contribution in [0.5, 0.6) is 0 Å². The minimum absolute atomic E-state index is 0.433. The molecule has 0 radical (unpaired) electrons. The van der Waals surface area contributed by atoms with Gasteiger partial charge in [-0.25, -0.2) is 4.98 Å². The Labute approximate surface area is 134 Å². The zero-order valence-corrected chi connectivity index (χ0v) is 12.9. The molecule has 0 spiro atoms. The Morgan fingerprint density at radius 1 is 1.23 bits per heavy atom. The maximum atomic E-state index is 9.46. The third-order valence-electron chi connectivity index (χ3n) is 3.16. The molecule has 22 heavy (non-hydrogen) atoms. The first-order valence-electron chi connectivity index (χ1n) is 6.57. The van der Waals surface area contributed by atoms with E-state index in [0.717, 1.165) is 16.4 Å². The number of imidazole rings is 1. The SMILES string of the molecule is N#Cc1c(-c2ccccn2)nc2sc(Cc3cccs3)nn12. The van der Waals surface area contributed by atoms with E-state index in [4.69, 9.17) is 0 Å². The van der Waals surface area contributed by atoms with Crippen LogP contribution in [0.2, 0.25) is 0 Å². The van der Waals surface area contributed by atoms with Crippen molar-refractivity contribution in [1.29, 1.82) is 5.26 Å². The minimum atomic E-state index is 0.433. The van der Waals surface area contributed by atoms with Crippen LogP contribution in [0.15, 0.2) is 41.9 Å². The molecule has 0 aliphatic rings. The molecule has 7 heteroatoms. The van der Waals surface area contributed by atoms with Crippen molar-refractivity contribution in [2.75, 3.05) is 0 Å². The molecule has 0 aliphatic carbocycles. The van der Waals surface area contributed by atoms with Gasteiger partial charge >= 0.3 is 0 Å². The average Bonchev–Trinajstić information content (AvgIpc) is 3.24. The van der Waals surface area contributed by atoms with Crippen molar-refractivity contribution in [3.63, 3.8) is 0 Å². The van der Waals surface area contributed by atoms with Gasteiger partial charge in [-0.2, -0.15) is 14.9 Å². The van der Waals surface area contributed by atoms with Gasteiger partial charge in [0.2, 0.25) is 4.96 Å². The fraction of sp³-hybridized carbons (Fsp3) is 0.0667. The summed E-state index contributed by atoms with van der Waals surface area (Å²) in [5, 5.41) is 17.0. The van der Waals surface area contributed by atoms with Gasteiger partial charge in [0, 0.05) is 17.5 Å². The van der Waals surface area contributed by atoms with Gasteiger partial charge in [0.15, 0.2) is 5.69 Å². The number of thiophene rings is 1. The first-order chi connectivity index (χ1) is 10.8. The molecule has 0 bridgehead atoms. The maximum absolute atomic E-state index is 9.46. The molecule has 4 heterocycles. The Balaban J connectivity index is 1.79. The van der Waals surface area contributed by atoms with Crippen molar-refractivity contribution in [1.82, 2.24) is 19.6 Å². The van der Waals surface area contributed by atoms with E-state index in [1.54, 1.807) is 22.0 Å². The molecule has 0 saturated heterocycles. The molecular formula is C15H9N5S2. The van der Waals surface area contributed by atoms with Crippen LogP contribution in [0.4, 0.5) is 0 Å². The molecule has 4 aromatic rings. The van der Waals surface area contributed by atoms with Gasteiger partial charge in [-0.3, -0.25) is 4.98 Å². The molecule has 0 aliphatic heterocycles. The van der Waals surface area contributed by atoms with Gasteiger partial charge in [0.25, 0.3) is 0 Å². The molecule has 0 aromatic carbocycles. The van der Waals surface area contributed by atoms with Gasteiger partial charge in [0.1, 0.15) is 16.8 Å². The fourth-order valence-corrected chi connectivity index (χ4v) is 3.92. The Hall–Kier alpha value is -2.56. The lowest BCUT2D eigenvalue weighted by molar-refractivity contribution is 0.912. The lowest BCUT2D eigenvalue weighted by Gasteiger charge is -1.95. The minimum Gasteiger partial charge on any atom is -0.255 e. The van der Waals surface area contributed by atoms with E-state index < -0.39 is 0 Å². The average molecular weight is 323 g/mol. The quantitative estimate of drug-likeness (QED) is 0.580. The highest BCUT2D eigenvalue weighted by molar-refractivity contribution is 7.17. The largest absolute Gasteiger partial charge is 0.255 e. The zero-order valence-electron chi connectivity index (χ0n) is 11.3. The Bertz CT molecular complexity index is 961. The molecule has 0 fully saturated rings. The molecule has 106 valence electrons. The van der Waals surface area contributed by atoms with Crippen LogP contribution in [0.25, 0.3) is 16.3 Å². The second-order valence-electron chi connectivity index (χ2n) is 4.58. The van der Waals surface area contributed by atoms with Gasteiger partial charge in [-0.15, -0.1) is 11.3 Å². The summed E-state index contributed by atoms with van der Waals surface area (Å²) in [6.07, 6.45) is 2.47. The first kappa shape index (κ1) is 13.1. The van der Waals surface area contributed by atoms with Crippen LogP contribution in [-0.2, 0) is 6.42 Å². The lowest BCUT2D eigenvalue weighted by atomic mass is 10.2. The number of hydrogen-bond donors (Lipinski definition) is 0. The zero-order chi connectivity index (χ0) is 14.9. The summed E-state index contributed by atoms with van der Waals surface area (Å²) in [6, 6.07) is 11.9. The van der Waals surface area contributed by atoms with Crippen molar-refractivity contribution in [2.45, 2.75) is 6.42 Å². The third kappa shape index (κ3) is 2.19. The van der Waals surface area contributed by atoms with Gasteiger partial charge in [-0.05, 0) is 23.6 Å². The van der Waals surface area contributed by atoms with Crippen LogP contribution >= 0.6 is 22.7 Å². The van der Waals surface area contributed by atoms with Crippen LogP contribution in [0, 0.1) is 11.3 Å². The Morgan fingerprint density at radius 3 is 2.91 bits per heavy atom. The summed E-state index contributed by atoms with van der Waals surface area (Å²) in [5.74, 6) is 0. The number of nitrogens with zero attached hydrogens (tertiary/aromatic N) is 5. The molecular weight excluding hydrogens is 314 g/mol. The van der Waals surface area contributed by atoms with Crippen molar-refractivity contribution in [3.8, 4) is 17.5 Å². The molecule has 4 rings (SSSR count). The van der Waals surface area contributed by atoms with Crippen molar-refractivity contribution in [2.24, 2.45) is 0 Å². The summed E-state index contributed by atoms with van der Waals surface area (Å²) in [6.45, 7) is 0. The fourth-order valence-electron chi connectivity index (χ4n) is 2.20. The molecule has 0 unspecified atom stereocenters. The monoisotopic (exact) mass is 323 g/mol. The van der Waals surface area contributed by atoms with E-state index >= 15 is 0 Å². The summed E-state index contributed by atoms with van der Waals surface area (Å²) in [5.41, 5.74) is 1.71. The van der Waals surface area contributed by atoms with Crippen LogP contribution < -0.4 is 0 Å². The summed E-state index contributed by atoms with van der Waals surface area (Å²) in [7, 11) is 0. The van der Waals surface area contributed by atoms with E-state index in [0.29, 0.717) is 17.1 Å². The van der Waals surface area contributed by atoms with Gasteiger partial charge < -0.3 is 0 Å². The predicted molar refractivity (Wildman–Crippen MR) is 85.9 cm³/mol. The van der Waals surface area contributed by atoms with Crippen LogP contribution in [0.3, 0.4) is 0 Å². The summed E-state index contributed by atoms with van der Waals surface area (Å²) in [4.78, 5) is 10.8. The van der Waals surface area contributed by atoms with Crippen molar-refractivity contribution >= 4 is 27.6 Å². The third-order valence-corrected chi connectivity index (χ3v) is 4.95. The maximum Gasteiger partial charge on any atom is 0.214 e. The second kappa shape index (κ2) is 5.33. The van der Waals surface area contributed by atoms with Crippen molar-refractivity contribution in [3.05, 3.63) is 57.5 Å². The van der Waals surface area contributed by atoms with E-state index in [1.807, 2.05) is 29.6 Å². The number of nitriles is 1. The van der Waals surface area contributed by atoms with Gasteiger partial charge in [0.05, 0.1) is 5.69 Å². The molecule has 4 aromatic heterocycles. The van der Waals surface area contributed by atoms with Crippen LogP contribution in [-0.4, -0.2) is 19.6 Å². The van der Waals surface area contributed by atoms with E-state index in [1.165, 1.54) is 16.2 Å². The Kier molecular flexibility index (Phi) is 3.18. The van der Waals surface area contributed by atoms with Crippen molar-refractivity contribution < 1.29 is 0 Å². The number of aromatic nitrogens is 4. The first-order valence-corrected chi connectivity index (χ1v) is 8.27. The van der Waals surface area contributed by atoms with E-state index in [9.17, 15) is 5.26 Å². The standard InChI is InChI=1S/C15H9N5S2/c16-9-12-14(11-5-1-2-6-17-11)18-15-20(12)19-13(22-15)8-10-4-3-7-21-10/h1-7H,8H2. The normalized spacial score (nSPS) is 10.9. The number of rotatable bonds is 3. The highest BCUT2D eigenvalue weighted by atomic mass is 32.1. The lowest BCUT2D eigenvalue weighted by Crippen LogP contribution is -1.93. The highest BCUT2D eigenvalue weighted by Crippen LogP contribution is 2.26. The van der Waals surface area contributed by atoms with Gasteiger partial charge in [-0.1, -0.05) is 23.5 Å². The Morgan fingerprint density at radius 2 is 2.18 bits per heavy atom. The highest BCUT2D eigenvalue weighted by Gasteiger charge is 2.18. The smallest absolute Gasteiger partial charge is 0.214 e. The number of hydrogen-bond acceptors (Lipinski definition) is 6. The topological polar surface area (TPSA) is 66.9 Å². The molecule has 0 N–H and O–H groups in total. The summed E-state index contributed by atoms with van der Waals surface area (Å²) >= 11 is 3.21. The molecule has 0 saturated carbocycles. The van der Waals surface area contributed by atoms with Crippen LogP contribution in [0.1, 0.15) is 15.6 Å². The van der Waals surface area contributed by atoms with E-state index in [-0.39, 0.29) is 0 Å². The second-order valence-corrected chi connectivity index (χ2v) is 6.65. The number of fused-ring (bicyclic) bond motifs is 1. The summed E-state index contributed by atoms with van der Waals surface area (Å²) < 4.78 is 1.62. The molecule has 5 nitrogen and oxygen atoms in total. The molecule has 0 atom stereocenters. The van der Waals surface area contributed by atoms with E-state index in [2.05, 4.69) is 27.2 Å². The molecule has 0 amide bonds.